The Morgan fingerprint density at radius 2 is 2.00 bits per heavy atom. The molecule has 0 aliphatic carbocycles. The number of ether oxygens (including phenoxy) is 2. The fourth-order valence-corrected chi connectivity index (χ4v) is 2.49. The van der Waals surface area contributed by atoms with Crippen molar-refractivity contribution in [3.05, 3.63) is 48.5 Å². The highest BCUT2D eigenvalue weighted by Crippen LogP contribution is 2.26. The highest BCUT2D eigenvalue weighted by molar-refractivity contribution is 14.0. The molecule has 0 radical (unpaired) electrons. The van der Waals surface area contributed by atoms with Gasteiger partial charge in [0.25, 0.3) is 0 Å². The van der Waals surface area contributed by atoms with E-state index in [2.05, 4.69) is 30.8 Å². The summed E-state index contributed by atoms with van der Waals surface area (Å²) < 4.78 is 16.5. The maximum Gasteiger partial charge on any atom is 0.216 e. The second-order valence-electron chi connectivity index (χ2n) is 5.97. The van der Waals surface area contributed by atoms with Crippen LogP contribution in [0.1, 0.15) is 12.7 Å². The smallest absolute Gasteiger partial charge is 0.216 e. The summed E-state index contributed by atoms with van der Waals surface area (Å²) in [6, 6.07) is 11.2. The first-order valence-electron chi connectivity index (χ1n) is 8.89. The number of nitrogens with one attached hydrogen (secondary N) is 3. The van der Waals surface area contributed by atoms with Gasteiger partial charge in [-0.2, -0.15) is 0 Å². The number of halogens is 1. The lowest BCUT2D eigenvalue weighted by atomic mass is 10.3. The largest absolute Gasteiger partial charge is 0.493 e. The monoisotopic (exact) mass is 512 g/mol. The van der Waals surface area contributed by atoms with E-state index in [-0.39, 0.29) is 30.1 Å². The minimum atomic E-state index is -0.0920. The molecule has 29 heavy (non-hydrogen) atoms. The van der Waals surface area contributed by atoms with E-state index < -0.39 is 0 Å². The molecule has 3 N–H and O–H groups in total. The van der Waals surface area contributed by atoms with Crippen LogP contribution in [-0.2, 0) is 6.54 Å². The molecule has 3 rings (SSSR count). The third-order valence-corrected chi connectivity index (χ3v) is 3.87. The highest BCUT2D eigenvalue weighted by Gasteiger charge is 2.11. The summed E-state index contributed by atoms with van der Waals surface area (Å²) in [6.45, 7) is 2.97. The van der Waals surface area contributed by atoms with Crippen LogP contribution in [-0.4, -0.2) is 47.9 Å². The summed E-state index contributed by atoms with van der Waals surface area (Å²) in [5, 5.41) is 13.4. The van der Waals surface area contributed by atoms with Gasteiger partial charge in [-0.25, -0.2) is 4.98 Å². The molecule has 10 heteroatoms. The van der Waals surface area contributed by atoms with E-state index >= 15 is 0 Å². The van der Waals surface area contributed by atoms with Gasteiger partial charge in [-0.15, -0.1) is 29.1 Å². The van der Waals surface area contributed by atoms with Gasteiger partial charge in [0.15, 0.2) is 23.2 Å². The molecule has 9 nitrogen and oxygen atoms in total. The number of guanidine groups is 1. The first-order chi connectivity index (χ1) is 13.7. The Balaban J connectivity index is 0.00000300. The lowest BCUT2D eigenvalue weighted by Gasteiger charge is -2.18. The van der Waals surface area contributed by atoms with Gasteiger partial charge in [-0.3, -0.25) is 10.1 Å². The molecule has 0 spiro atoms. The summed E-state index contributed by atoms with van der Waals surface area (Å²) in [6.07, 6.45) is 1.49. The normalized spacial score (nSPS) is 12.0. The molecule has 2 heterocycles. The zero-order valence-corrected chi connectivity index (χ0v) is 18.8. The van der Waals surface area contributed by atoms with Crippen LogP contribution in [0, 0.1) is 0 Å². The zero-order valence-electron chi connectivity index (χ0n) is 16.5. The fraction of sp³-hybridized carbons (Fsp3) is 0.316. The summed E-state index contributed by atoms with van der Waals surface area (Å²) in [5.74, 6) is 3.85. The van der Waals surface area contributed by atoms with Gasteiger partial charge >= 0.3 is 0 Å². The SMILES string of the molecule is CN=C(NCc1nc(-c2ccco2)n[nH]1)NCC(C)Oc1ccccc1OC.I. The van der Waals surface area contributed by atoms with Gasteiger partial charge in [-0.1, -0.05) is 12.1 Å². The molecule has 0 saturated carbocycles. The van der Waals surface area contributed by atoms with Gasteiger partial charge < -0.3 is 24.5 Å². The summed E-state index contributed by atoms with van der Waals surface area (Å²) >= 11 is 0. The van der Waals surface area contributed by atoms with Crippen LogP contribution < -0.4 is 20.1 Å². The molecule has 1 atom stereocenters. The Hall–Kier alpha value is -2.76. The molecule has 1 unspecified atom stereocenters. The van der Waals surface area contributed by atoms with Crippen LogP contribution in [0.2, 0.25) is 0 Å². The second kappa shape index (κ2) is 11.3. The molecular formula is C19H25IN6O3. The second-order valence-corrected chi connectivity index (χ2v) is 5.97. The number of aliphatic imine (C=N–C) groups is 1. The van der Waals surface area contributed by atoms with E-state index in [4.69, 9.17) is 13.9 Å². The third-order valence-electron chi connectivity index (χ3n) is 3.87. The van der Waals surface area contributed by atoms with Crippen LogP contribution in [0.5, 0.6) is 11.5 Å². The van der Waals surface area contributed by atoms with Crippen molar-refractivity contribution in [2.24, 2.45) is 4.99 Å². The first-order valence-corrected chi connectivity index (χ1v) is 8.89. The number of methoxy groups -OCH3 is 1. The Morgan fingerprint density at radius 1 is 1.21 bits per heavy atom. The Labute approximate surface area is 186 Å². The van der Waals surface area contributed by atoms with Crippen molar-refractivity contribution < 1.29 is 13.9 Å². The molecule has 2 aromatic heterocycles. The molecular weight excluding hydrogens is 487 g/mol. The van der Waals surface area contributed by atoms with Gasteiger partial charge in [0.05, 0.1) is 26.5 Å². The number of rotatable bonds is 8. The van der Waals surface area contributed by atoms with Crippen LogP contribution in [0.25, 0.3) is 11.6 Å². The van der Waals surface area contributed by atoms with Gasteiger partial charge in [-0.05, 0) is 31.2 Å². The van der Waals surface area contributed by atoms with E-state index in [0.717, 1.165) is 0 Å². The molecule has 0 aliphatic heterocycles. The molecule has 3 aromatic rings. The van der Waals surface area contributed by atoms with Gasteiger partial charge in [0.2, 0.25) is 5.82 Å². The van der Waals surface area contributed by atoms with Gasteiger partial charge in [0.1, 0.15) is 11.9 Å². The number of aromatic amines is 1. The maximum absolute atomic E-state index is 5.93. The molecule has 156 valence electrons. The number of H-pyrrole nitrogens is 1. The molecule has 0 saturated heterocycles. The lowest BCUT2D eigenvalue weighted by Crippen LogP contribution is -2.41. The summed E-state index contributed by atoms with van der Waals surface area (Å²) in [5.41, 5.74) is 0. The van der Waals surface area contributed by atoms with Gasteiger partial charge in [0, 0.05) is 7.05 Å². The Kier molecular flexibility index (Phi) is 8.77. The van der Waals surface area contributed by atoms with E-state index in [1.54, 1.807) is 26.5 Å². The van der Waals surface area contributed by atoms with Crippen LogP contribution in [0.4, 0.5) is 0 Å². The number of aromatic nitrogens is 3. The summed E-state index contributed by atoms with van der Waals surface area (Å²) in [4.78, 5) is 8.59. The molecule has 0 bridgehead atoms. The van der Waals surface area contributed by atoms with E-state index in [9.17, 15) is 0 Å². The van der Waals surface area contributed by atoms with Crippen molar-refractivity contribution in [2.45, 2.75) is 19.6 Å². The summed E-state index contributed by atoms with van der Waals surface area (Å²) in [7, 11) is 3.33. The molecule has 1 aromatic carbocycles. The topological polar surface area (TPSA) is 110 Å². The molecule has 0 amide bonds. The highest BCUT2D eigenvalue weighted by atomic mass is 127. The maximum atomic E-state index is 5.93. The number of nitrogens with zero attached hydrogens (tertiary/aromatic N) is 3. The van der Waals surface area contributed by atoms with E-state index in [0.29, 0.717) is 48.0 Å². The molecule has 0 fully saturated rings. The lowest BCUT2D eigenvalue weighted by molar-refractivity contribution is 0.213. The third kappa shape index (κ3) is 6.38. The van der Waals surface area contributed by atoms with Crippen molar-refractivity contribution in [3.63, 3.8) is 0 Å². The van der Waals surface area contributed by atoms with Crippen molar-refractivity contribution in [1.82, 2.24) is 25.8 Å². The predicted molar refractivity (Wildman–Crippen MR) is 121 cm³/mol. The average molecular weight is 512 g/mol. The van der Waals surface area contributed by atoms with Crippen molar-refractivity contribution in [3.8, 4) is 23.1 Å². The van der Waals surface area contributed by atoms with Crippen molar-refractivity contribution >= 4 is 29.9 Å². The van der Waals surface area contributed by atoms with Crippen LogP contribution in [0.3, 0.4) is 0 Å². The predicted octanol–water partition coefficient (Wildman–Crippen LogP) is 2.82. The average Bonchev–Trinajstić information content (AvgIpc) is 3.40. The molecule has 0 aliphatic rings. The van der Waals surface area contributed by atoms with E-state index in [1.807, 2.05) is 37.3 Å². The zero-order chi connectivity index (χ0) is 19.8. The number of furan rings is 1. The van der Waals surface area contributed by atoms with Crippen LogP contribution >= 0.6 is 24.0 Å². The first kappa shape index (κ1) is 22.5. The minimum Gasteiger partial charge on any atom is -0.493 e. The fourth-order valence-electron chi connectivity index (χ4n) is 2.49. The van der Waals surface area contributed by atoms with Crippen LogP contribution in [0.15, 0.2) is 52.1 Å². The minimum absolute atomic E-state index is 0. The van der Waals surface area contributed by atoms with Crippen molar-refractivity contribution in [1.29, 1.82) is 0 Å². The number of benzene rings is 1. The van der Waals surface area contributed by atoms with E-state index in [1.165, 1.54) is 0 Å². The quantitative estimate of drug-likeness (QED) is 0.242. The Bertz CT molecular complexity index is 897. The Morgan fingerprint density at radius 3 is 2.69 bits per heavy atom. The number of hydrogen-bond acceptors (Lipinski definition) is 6. The standard InChI is InChI=1S/C19H24N6O3.HI/c1-13(28-15-8-5-4-7-14(15)26-3)11-21-19(20-2)22-12-17-23-18(25-24-17)16-9-6-10-27-16;/h4-10,13H,11-12H2,1-3H3,(H2,20,21,22)(H,23,24,25);1H. The van der Waals surface area contributed by atoms with Crippen molar-refractivity contribution in [2.75, 3.05) is 20.7 Å². The number of hydrogen-bond donors (Lipinski definition) is 3. The number of para-hydroxylation sites is 2.